The third kappa shape index (κ3) is 6.31. The molecular weight excluding hydrogens is 463 g/mol. The summed E-state index contributed by atoms with van der Waals surface area (Å²) in [4.78, 5) is 9.15. The van der Waals surface area contributed by atoms with E-state index in [1.165, 1.54) is 7.11 Å². The summed E-state index contributed by atoms with van der Waals surface area (Å²) < 4.78 is 5.13. The molecule has 0 radical (unpaired) electrons. The van der Waals surface area contributed by atoms with Gasteiger partial charge in [-0.05, 0) is 18.9 Å². The quantitative estimate of drug-likeness (QED) is 0.312. The Labute approximate surface area is 176 Å². The van der Waals surface area contributed by atoms with Crippen molar-refractivity contribution < 1.29 is 9.84 Å². The monoisotopic (exact) mass is 490 g/mol. The Bertz CT molecular complexity index is 719. The van der Waals surface area contributed by atoms with Crippen molar-refractivity contribution >= 4 is 41.3 Å². The predicted octanol–water partition coefficient (Wildman–Crippen LogP) is 3.85. The molecule has 1 aromatic carbocycles. The average molecular weight is 490 g/mol. The van der Waals surface area contributed by atoms with Crippen LogP contribution in [0.2, 0.25) is 0 Å². The normalized spacial score (nSPS) is 11.2. The number of hydrogen-bond acceptors (Lipinski definition) is 5. The molecule has 0 bridgehead atoms. The maximum absolute atomic E-state index is 10.2. The molecule has 0 saturated carbocycles. The lowest BCUT2D eigenvalue weighted by Crippen LogP contribution is -2.36. The smallest absolute Gasteiger partial charge is 0.191 e. The van der Waals surface area contributed by atoms with E-state index in [1.807, 2.05) is 19.1 Å². The van der Waals surface area contributed by atoms with Gasteiger partial charge in [0.1, 0.15) is 5.01 Å². The topological polar surface area (TPSA) is 78.8 Å². The third-order valence-corrected chi connectivity index (χ3v) is 4.49. The van der Waals surface area contributed by atoms with E-state index in [-0.39, 0.29) is 29.7 Å². The van der Waals surface area contributed by atoms with Gasteiger partial charge >= 0.3 is 0 Å². The summed E-state index contributed by atoms with van der Waals surface area (Å²) in [5, 5.41) is 19.8. The average Bonchev–Trinajstić information content (AvgIpc) is 3.08. The highest BCUT2D eigenvalue weighted by Gasteiger charge is 2.08. The van der Waals surface area contributed by atoms with Crippen LogP contribution in [0.15, 0.2) is 28.6 Å². The van der Waals surface area contributed by atoms with Crippen LogP contribution in [0.3, 0.4) is 0 Å². The van der Waals surface area contributed by atoms with Gasteiger partial charge in [-0.15, -0.1) is 35.3 Å². The standard InChI is InChI=1S/C18H26N4O2S.HI/c1-5-19-18(21-10-16-22-14(11-25-16)12(2)3)20-9-13-7-6-8-15(24-4)17(13)23;/h6-8,11-12,23H,5,9-10H2,1-4H3,(H2,19,20,21);1H. The fourth-order valence-electron chi connectivity index (χ4n) is 2.20. The first-order chi connectivity index (χ1) is 12.0. The Morgan fingerprint density at radius 2 is 2.12 bits per heavy atom. The van der Waals surface area contributed by atoms with Crippen molar-refractivity contribution in [2.75, 3.05) is 13.7 Å². The Morgan fingerprint density at radius 3 is 2.73 bits per heavy atom. The number of para-hydroxylation sites is 1. The second-order valence-electron chi connectivity index (χ2n) is 5.84. The molecule has 0 fully saturated rings. The molecule has 144 valence electrons. The van der Waals surface area contributed by atoms with Crippen LogP contribution in [0.4, 0.5) is 0 Å². The molecule has 0 spiro atoms. The van der Waals surface area contributed by atoms with Crippen molar-refractivity contribution in [2.45, 2.75) is 39.8 Å². The van der Waals surface area contributed by atoms with Crippen molar-refractivity contribution in [2.24, 2.45) is 4.99 Å². The molecule has 0 amide bonds. The predicted molar refractivity (Wildman–Crippen MR) is 118 cm³/mol. The number of thiazole rings is 1. The van der Waals surface area contributed by atoms with Crippen LogP contribution in [-0.4, -0.2) is 29.7 Å². The van der Waals surface area contributed by atoms with Crippen LogP contribution in [0.1, 0.15) is 43.0 Å². The Morgan fingerprint density at radius 1 is 1.35 bits per heavy atom. The van der Waals surface area contributed by atoms with Crippen molar-refractivity contribution in [1.29, 1.82) is 0 Å². The van der Waals surface area contributed by atoms with Gasteiger partial charge in [-0.1, -0.05) is 26.0 Å². The molecule has 0 aliphatic heterocycles. The number of ether oxygens (including phenoxy) is 1. The number of halogens is 1. The molecule has 26 heavy (non-hydrogen) atoms. The van der Waals surface area contributed by atoms with Gasteiger partial charge in [-0.2, -0.15) is 0 Å². The number of benzene rings is 1. The van der Waals surface area contributed by atoms with E-state index in [9.17, 15) is 5.11 Å². The van der Waals surface area contributed by atoms with Gasteiger partial charge in [0.25, 0.3) is 0 Å². The van der Waals surface area contributed by atoms with Gasteiger partial charge in [0.2, 0.25) is 0 Å². The number of aliphatic imine (C=N–C) groups is 1. The summed E-state index contributed by atoms with van der Waals surface area (Å²) in [6, 6.07) is 5.40. The fraction of sp³-hybridized carbons (Fsp3) is 0.444. The van der Waals surface area contributed by atoms with E-state index in [2.05, 4.69) is 39.8 Å². The van der Waals surface area contributed by atoms with E-state index in [0.717, 1.165) is 17.2 Å². The molecule has 2 rings (SSSR count). The molecule has 0 unspecified atom stereocenters. The van der Waals surface area contributed by atoms with Gasteiger partial charge < -0.3 is 20.5 Å². The van der Waals surface area contributed by atoms with Gasteiger partial charge in [0.15, 0.2) is 17.5 Å². The van der Waals surface area contributed by atoms with Crippen LogP contribution in [0.5, 0.6) is 11.5 Å². The zero-order valence-corrected chi connectivity index (χ0v) is 18.7. The fourth-order valence-corrected chi connectivity index (χ4v) is 3.09. The van der Waals surface area contributed by atoms with E-state index in [4.69, 9.17) is 4.74 Å². The van der Waals surface area contributed by atoms with Crippen molar-refractivity contribution in [3.05, 3.63) is 39.8 Å². The number of aromatic nitrogens is 1. The summed E-state index contributed by atoms with van der Waals surface area (Å²) in [6.45, 7) is 8.02. The molecule has 0 aliphatic carbocycles. The molecule has 0 aliphatic rings. The number of aromatic hydroxyl groups is 1. The maximum atomic E-state index is 10.2. The lowest BCUT2D eigenvalue weighted by atomic mass is 10.2. The van der Waals surface area contributed by atoms with Crippen molar-refractivity contribution in [3.63, 3.8) is 0 Å². The molecular formula is C18H27IN4O2S. The molecule has 3 N–H and O–H groups in total. The minimum atomic E-state index is 0. The van der Waals surface area contributed by atoms with E-state index >= 15 is 0 Å². The number of hydrogen-bond donors (Lipinski definition) is 3. The molecule has 6 nitrogen and oxygen atoms in total. The summed E-state index contributed by atoms with van der Waals surface area (Å²) >= 11 is 1.65. The number of nitrogens with one attached hydrogen (secondary N) is 2. The van der Waals surface area contributed by atoms with Crippen LogP contribution >= 0.6 is 35.3 Å². The first kappa shape index (κ1) is 22.5. The molecule has 2 aromatic rings. The highest BCUT2D eigenvalue weighted by Crippen LogP contribution is 2.29. The maximum Gasteiger partial charge on any atom is 0.191 e. The van der Waals surface area contributed by atoms with Gasteiger partial charge in [0, 0.05) is 17.5 Å². The number of phenols is 1. The Kier molecular flexibility index (Phi) is 9.71. The third-order valence-electron chi connectivity index (χ3n) is 3.62. The molecule has 1 aromatic heterocycles. The highest BCUT2D eigenvalue weighted by molar-refractivity contribution is 14.0. The van der Waals surface area contributed by atoms with Gasteiger partial charge in [-0.25, -0.2) is 9.98 Å². The van der Waals surface area contributed by atoms with Crippen LogP contribution < -0.4 is 15.4 Å². The number of rotatable bonds is 7. The zero-order valence-electron chi connectivity index (χ0n) is 15.6. The number of phenolic OH excluding ortho intramolecular Hbond substituents is 1. The molecule has 0 saturated heterocycles. The van der Waals surface area contributed by atoms with E-state index in [0.29, 0.717) is 36.3 Å². The Hall–Kier alpha value is -1.55. The minimum absolute atomic E-state index is 0. The first-order valence-electron chi connectivity index (χ1n) is 8.36. The summed E-state index contributed by atoms with van der Waals surface area (Å²) in [7, 11) is 1.53. The second-order valence-corrected chi connectivity index (χ2v) is 6.78. The lowest BCUT2D eigenvalue weighted by Gasteiger charge is -2.11. The van der Waals surface area contributed by atoms with Crippen LogP contribution in [0.25, 0.3) is 0 Å². The van der Waals surface area contributed by atoms with E-state index in [1.54, 1.807) is 17.4 Å². The second kappa shape index (κ2) is 11.2. The van der Waals surface area contributed by atoms with Gasteiger partial charge in [-0.3, -0.25) is 0 Å². The summed E-state index contributed by atoms with van der Waals surface area (Å²) in [5.74, 6) is 1.70. The van der Waals surface area contributed by atoms with Crippen molar-refractivity contribution in [1.82, 2.24) is 15.6 Å². The highest BCUT2D eigenvalue weighted by atomic mass is 127. The SMILES string of the molecule is CCNC(=NCc1cccc(OC)c1O)NCc1nc(C(C)C)cs1.I. The van der Waals surface area contributed by atoms with E-state index < -0.39 is 0 Å². The Balaban J connectivity index is 0.00000338. The van der Waals surface area contributed by atoms with Crippen LogP contribution in [0, 0.1) is 0 Å². The van der Waals surface area contributed by atoms with Gasteiger partial charge in [0.05, 0.1) is 25.9 Å². The van der Waals surface area contributed by atoms with Crippen LogP contribution in [-0.2, 0) is 13.1 Å². The van der Waals surface area contributed by atoms with Crippen molar-refractivity contribution in [3.8, 4) is 11.5 Å². The largest absolute Gasteiger partial charge is 0.504 e. The molecule has 8 heteroatoms. The first-order valence-corrected chi connectivity index (χ1v) is 9.24. The summed E-state index contributed by atoms with van der Waals surface area (Å²) in [6.07, 6.45) is 0. The minimum Gasteiger partial charge on any atom is -0.504 e. The number of guanidine groups is 1. The molecule has 1 heterocycles. The zero-order chi connectivity index (χ0) is 18.2. The number of methoxy groups -OCH3 is 1. The lowest BCUT2D eigenvalue weighted by molar-refractivity contribution is 0.370. The molecule has 0 atom stereocenters. The number of nitrogens with zero attached hydrogens (tertiary/aromatic N) is 2. The summed E-state index contributed by atoms with van der Waals surface area (Å²) in [5.41, 5.74) is 1.83.